The second kappa shape index (κ2) is 7.76. The van der Waals surface area contributed by atoms with E-state index in [1.165, 1.54) is 16.4 Å². The molecule has 7 nitrogen and oxygen atoms in total. The number of sulfonamides is 1. The standard InChI is InChI=1S/C16H23N3O4S/c1-12(2)11-15(20)17-18-16(21)14-9-6-10-19(14)24(22,23)13-7-4-3-5-8-13/h3-5,7-8,12,14H,6,9-11H2,1-2H3,(H,17,20)(H,18,21). The van der Waals surface area contributed by atoms with Crippen LogP contribution in [0.1, 0.15) is 33.1 Å². The minimum absolute atomic E-state index is 0.161. The zero-order valence-electron chi connectivity index (χ0n) is 13.9. The number of carbonyl (C=O) groups excluding carboxylic acids is 2. The van der Waals surface area contributed by atoms with Crippen LogP contribution in [0.2, 0.25) is 0 Å². The molecule has 1 unspecified atom stereocenters. The molecule has 1 heterocycles. The zero-order valence-corrected chi connectivity index (χ0v) is 14.7. The van der Waals surface area contributed by atoms with E-state index in [9.17, 15) is 18.0 Å². The Labute approximate surface area is 142 Å². The molecule has 0 spiro atoms. The summed E-state index contributed by atoms with van der Waals surface area (Å²) in [5.41, 5.74) is 4.68. The summed E-state index contributed by atoms with van der Waals surface area (Å²) in [6, 6.07) is 7.22. The van der Waals surface area contributed by atoms with E-state index >= 15 is 0 Å². The molecule has 1 atom stereocenters. The van der Waals surface area contributed by atoms with Gasteiger partial charge in [0, 0.05) is 13.0 Å². The van der Waals surface area contributed by atoms with E-state index in [2.05, 4.69) is 10.9 Å². The van der Waals surface area contributed by atoms with E-state index in [4.69, 9.17) is 0 Å². The number of nitrogens with zero attached hydrogens (tertiary/aromatic N) is 1. The van der Waals surface area contributed by atoms with E-state index < -0.39 is 22.0 Å². The number of hydrazine groups is 1. The Morgan fingerprint density at radius 2 is 1.88 bits per heavy atom. The lowest BCUT2D eigenvalue weighted by Crippen LogP contribution is -2.51. The molecule has 24 heavy (non-hydrogen) atoms. The molecule has 0 bridgehead atoms. The molecule has 0 radical (unpaired) electrons. The first kappa shape index (κ1) is 18.4. The number of rotatable bonds is 5. The van der Waals surface area contributed by atoms with Crippen molar-refractivity contribution in [2.45, 2.75) is 44.0 Å². The number of carbonyl (C=O) groups is 2. The molecule has 1 aliphatic heterocycles. The summed E-state index contributed by atoms with van der Waals surface area (Å²) in [7, 11) is -3.73. The second-order valence-corrected chi connectivity index (χ2v) is 8.11. The van der Waals surface area contributed by atoms with Crippen LogP contribution >= 0.6 is 0 Å². The molecular formula is C16H23N3O4S. The summed E-state index contributed by atoms with van der Waals surface area (Å²) in [6.07, 6.45) is 1.32. The van der Waals surface area contributed by atoms with Crippen molar-refractivity contribution in [3.63, 3.8) is 0 Å². The van der Waals surface area contributed by atoms with Gasteiger partial charge in [0.05, 0.1) is 4.90 Å². The topological polar surface area (TPSA) is 95.6 Å². The van der Waals surface area contributed by atoms with Crippen molar-refractivity contribution in [3.8, 4) is 0 Å². The fraction of sp³-hybridized carbons (Fsp3) is 0.500. The zero-order chi connectivity index (χ0) is 17.7. The van der Waals surface area contributed by atoms with E-state index in [0.29, 0.717) is 12.8 Å². The molecule has 1 aromatic carbocycles. The second-order valence-electron chi connectivity index (χ2n) is 6.22. The first-order chi connectivity index (χ1) is 11.3. The summed E-state index contributed by atoms with van der Waals surface area (Å²) in [5.74, 6) is -0.638. The lowest BCUT2D eigenvalue weighted by Gasteiger charge is -2.23. The number of benzene rings is 1. The quantitative estimate of drug-likeness (QED) is 0.773. The predicted octanol–water partition coefficient (Wildman–Crippen LogP) is 1.03. The Hall–Kier alpha value is -1.93. The molecule has 0 aromatic heterocycles. The number of hydrogen-bond donors (Lipinski definition) is 2. The highest BCUT2D eigenvalue weighted by atomic mass is 32.2. The maximum Gasteiger partial charge on any atom is 0.256 e. The molecule has 8 heteroatoms. The predicted molar refractivity (Wildman–Crippen MR) is 89.1 cm³/mol. The minimum Gasteiger partial charge on any atom is -0.273 e. The van der Waals surface area contributed by atoms with Crippen LogP contribution in [0, 0.1) is 5.92 Å². The monoisotopic (exact) mass is 353 g/mol. The van der Waals surface area contributed by atoms with Crippen LogP contribution in [0.3, 0.4) is 0 Å². The average Bonchev–Trinajstić information content (AvgIpc) is 3.03. The average molecular weight is 353 g/mol. The molecule has 2 amide bonds. The van der Waals surface area contributed by atoms with Crippen LogP contribution in [0.25, 0.3) is 0 Å². The molecule has 2 rings (SSSR count). The van der Waals surface area contributed by atoms with Gasteiger partial charge < -0.3 is 0 Å². The van der Waals surface area contributed by atoms with Gasteiger partial charge in [-0.2, -0.15) is 4.31 Å². The highest BCUT2D eigenvalue weighted by Crippen LogP contribution is 2.25. The van der Waals surface area contributed by atoms with Gasteiger partial charge >= 0.3 is 0 Å². The lowest BCUT2D eigenvalue weighted by atomic mass is 10.1. The molecule has 132 valence electrons. The van der Waals surface area contributed by atoms with Gasteiger partial charge in [-0.15, -0.1) is 0 Å². The highest BCUT2D eigenvalue weighted by Gasteiger charge is 2.39. The molecule has 1 aromatic rings. The van der Waals surface area contributed by atoms with Gasteiger partial charge in [-0.05, 0) is 30.9 Å². The Bertz CT molecular complexity index is 689. The fourth-order valence-electron chi connectivity index (χ4n) is 2.65. The van der Waals surface area contributed by atoms with Gasteiger partial charge in [0.25, 0.3) is 5.91 Å². The highest BCUT2D eigenvalue weighted by molar-refractivity contribution is 7.89. The van der Waals surface area contributed by atoms with Gasteiger partial charge in [-0.3, -0.25) is 20.4 Å². The van der Waals surface area contributed by atoms with Crippen LogP contribution in [0.5, 0.6) is 0 Å². The summed E-state index contributed by atoms with van der Waals surface area (Å²) >= 11 is 0. The lowest BCUT2D eigenvalue weighted by molar-refractivity contribution is -0.131. The maximum absolute atomic E-state index is 12.7. The van der Waals surface area contributed by atoms with E-state index in [1.54, 1.807) is 18.2 Å². The summed E-state index contributed by atoms with van der Waals surface area (Å²) in [4.78, 5) is 24.1. The van der Waals surface area contributed by atoms with E-state index in [0.717, 1.165) is 0 Å². The maximum atomic E-state index is 12.7. The van der Waals surface area contributed by atoms with Crippen molar-refractivity contribution < 1.29 is 18.0 Å². The molecule has 1 saturated heterocycles. The van der Waals surface area contributed by atoms with Crippen LogP contribution < -0.4 is 10.9 Å². The Morgan fingerprint density at radius 3 is 2.50 bits per heavy atom. The summed E-state index contributed by atoms with van der Waals surface area (Å²) < 4.78 is 26.6. The van der Waals surface area contributed by atoms with Crippen molar-refractivity contribution in [2.75, 3.05) is 6.54 Å². The normalized spacial score (nSPS) is 18.5. The smallest absolute Gasteiger partial charge is 0.256 e. The number of amides is 2. The van der Waals surface area contributed by atoms with Crippen molar-refractivity contribution in [1.82, 2.24) is 15.2 Å². The first-order valence-corrected chi connectivity index (χ1v) is 9.42. The van der Waals surface area contributed by atoms with Gasteiger partial charge in [-0.25, -0.2) is 8.42 Å². The largest absolute Gasteiger partial charge is 0.273 e. The third-order valence-electron chi connectivity index (χ3n) is 3.77. The number of hydrogen-bond acceptors (Lipinski definition) is 4. The van der Waals surface area contributed by atoms with Crippen molar-refractivity contribution in [2.24, 2.45) is 5.92 Å². The third-order valence-corrected chi connectivity index (χ3v) is 5.70. The van der Waals surface area contributed by atoms with E-state index in [1.807, 2.05) is 13.8 Å². The van der Waals surface area contributed by atoms with Gasteiger partial charge in [0.15, 0.2) is 0 Å². The van der Waals surface area contributed by atoms with E-state index in [-0.39, 0.29) is 29.7 Å². The van der Waals surface area contributed by atoms with Crippen molar-refractivity contribution in [3.05, 3.63) is 30.3 Å². The summed E-state index contributed by atoms with van der Waals surface area (Å²) in [6.45, 7) is 4.08. The van der Waals surface area contributed by atoms with Crippen LogP contribution in [-0.2, 0) is 19.6 Å². The minimum atomic E-state index is -3.73. The molecule has 0 aliphatic carbocycles. The Balaban J connectivity index is 2.05. The van der Waals surface area contributed by atoms with Gasteiger partial charge in [0.1, 0.15) is 6.04 Å². The Kier molecular flexibility index (Phi) is 5.95. The van der Waals surface area contributed by atoms with Crippen LogP contribution in [-0.4, -0.2) is 37.1 Å². The molecule has 1 aliphatic rings. The number of nitrogens with one attached hydrogen (secondary N) is 2. The SMILES string of the molecule is CC(C)CC(=O)NNC(=O)C1CCCN1S(=O)(=O)c1ccccc1. The molecule has 1 fully saturated rings. The molecule has 2 N–H and O–H groups in total. The third kappa shape index (κ3) is 4.33. The van der Waals surface area contributed by atoms with Gasteiger partial charge in [-0.1, -0.05) is 32.0 Å². The molecule has 0 saturated carbocycles. The Morgan fingerprint density at radius 1 is 1.21 bits per heavy atom. The van der Waals surface area contributed by atoms with Gasteiger partial charge in [0.2, 0.25) is 15.9 Å². The van der Waals surface area contributed by atoms with Crippen LogP contribution in [0.4, 0.5) is 0 Å². The first-order valence-electron chi connectivity index (χ1n) is 7.98. The van der Waals surface area contributed by atoms with Crippen LogP contribution in [0.15, 0.2) is 35.2 Å². The molecular weight excluding hydrogens is 330 g/mol. The van der Waals surface area contributed by atoms with Crippen molar-refractivity contribution in [1.29, 1.82) is 0 Å². The fourth-order valence-corrected chi connectivity index (χ4v) is 4.33. The summed E-state index contributed by atoms with van der Waals surface area (Å²) in [5, 5.41) is 0. The van der Waals surface area contributed by atoms with Crippen molar-refractivity contribution >= 4 is 21.8 Å².